The van der Waals surface area contributed by atoms with Crippen LogP contribution < -0.4 is 9.62 Å². The van der Waals surface area contributed by atoms with Gasteiger partial charge in [0.1, 0.15) is 6.04 Å². The molecule has 1 amide bonds. The highest BCUT2D eigenvalue weighted by molar-refractivity contribution is 7.92. The molecule has 1 N–H and O–H groups in total. The van der Waals surface area contributed by atoms with Gasteiger partial charge in [-0.25, -0.2) is 8.42 Å². The Morgan fingerprint density at radius 1 is 1.13 bits per heavy atom. The molecule has 0 spiro atoms. The molecular weight excluding hydrogens is 312 g/mol. The number of anilines is 1. The molecule has 0 aromatic heterocycles. The van der Waals surface area contributed by atoms with Crippen LogP contribution in [0.2, 0.25) is 0 Å². The van der Waals surface area contributed by atoms with Crippen molar-refractivity contribution >= 4 is 21.6 Å². The van der Waals surface area contributed by atoms with Crippen LogP contribution in [0.1, 0.15) is 40.2 Å². The molecule has 2 atom stereocenters. The number of nitrogens with zero attached hydrogens (tertiary/aromatic N) is 1. The third-order valence-corrected chi connectivity index (χ3v) is 5.30. The Kier molecular flexibility index (Phi) is 6.62. The van der Waals surface area contributed by atoms with E-state index in [4.69, 9.17) is 0 Å². The fourth-order valence-corrected chi connectivity index (χ4v) is 3.37. The highest BCUT2D eigenvalue weighted by atomic mass is 32.2. The van der Waals surface area contributed by atoms with E-state index in [0.717, 1.165) is 18.2 Å². The molecule has 23 heavy (non-hydrogen) atoms. The zero-order valence-corrected chi connectivity index (χ0v) is 15.6. The second-order valence-electron chi connectivity index (χ2n) is 6.30. The third-order valence-electron chi connectivity index (χ3n) is 4.06. The summed E-state index contributed by atoms with van der Waals surface area (Å²) >= 11 is 0. The summed E-state index contributed by atoms with van der Waals surface area (Å²) in [6, 6.07) is 6.43. The normalized spacial score (nSPS) is 14.4. The standard InChI is InChI=1S/C17H28N2O3S/c1-7-15-8-10-16(11-9-15)19(23(6,21)22)14(5)17(20)18-13(4)12(2)3/h8-14H,7H2,1-6H3,(H,18,20)/t13-,14-/m0/s1. The van der Waals surface area contributed by atoms with Gasteiger partial charge in [0, 0.05) is 6.04 Å². The summed E-state index contributed by atoms with van der Waals surface area (Å²) in [7, 11) is -3.57. The van der Waals surface area contributed by atoms with E-state index in [1.807, 2.05) is 39.8 Å². The first-order valence-corrected chi connectivity index (χ1v) is 9.81. The zero-order chi connectivity index (χ0) is 17.8. The Balaban J connectivity index is 3.09. The summed E-state index contributed by atoms with van der Waals surface area (Å²) in [5.74, 6) is -0.0159. The number of carbonyl (C=O) groups is 1. The molecule has 0 bridgehead atoms. The topological polar surface area (TPSA) is 66.5 Å². The van der Waals surface area contributed by atoms with Gasteiger partial charge in [-0.3, -0.25) is 9.10 Å². The van der Waals surface area contributed by atoms with Gasteiger partial charge in [-0.15, -0.1) is 0 Å². The minimum Gasteiger partial charge on any atom is -0.352 e. The SMILES string of the molecule is CCc1ccc(N([C@@H](C)C(=O)N[C@@H](C)C(C)C)S(C)(=O)=O)cc1. The second-order valence-corrected chi connectivity index (χ2v) is 8.16. The maximum absolute atomic E-state index is 12.4. The Morgan fingerprint density at radius 2 is 1.65 bits per heavy atom. The maximum Gasteiger partial charge on any atom is 0.243 e. The molecule has 0 aliphatic heterocycles. The lowest BCUT2D eigenvalue weighted by Crippen LogP contribution is -2.50. The van der Waals surface area contributed by atoms with Crippen molar-refractivity contribution in [2.75, 3.05) is 10.6 Å². The monoisotopic (exact) mass is 340 g/mol. The van der Waals surface area contributed by atoms with Crippen LogP contribution in [0.25, 0.3) is 0 Å². The van der Waals surface area contributed by atoms with Crippen molar-refractivity contribution in [2.45, 2.75) is 53.1 Å². The molecule has 0 aliphatic rings. The number of nitrogens with one attached hydrogen (secondary N) is 1. The molecule has 1 rings (SSSR count). The quantitative estimate of drug-likeness (QED) is 0.829. The largest absolute Gasteiger partial charge is 0.352 e. The molecule has 0 saturated carbocycles. The lowest BCUT2D eigenvalue weighted by atomic mass is 10.1. The first kappa shape index (κ1) is 19.5. The summed E-state index contributed by atoms with van der Waals surface area (Å²) in [6.07, 6.45) is 2.00. The summed E-state index contributed by atoms with van der Waals surface area (Å²) in [5, 5.41) is 2.88. The zero-order valence-electron chi connectivity index (χ0n) is 14.8. The molecule has 6 heteroatoms. The highest BCUT2D eigenvalue weighted by Gasteiger charge is 2.29. The van der Waals surface area contributed by atoms with E-state index in [0.29, 0.717) is 5.69 Å². The second kappa shape index (κ2) is 7.81. The van der Waals surface area contributed by atoms with Gasteiger partial charge in [-0.2, -0.15) is 0 Å². The van der Waals surface area contributed by atoms with E-state index in [2.05, 4.69) is 5.32 Å². The Bertz CT molecular complexity index is 624. The number of aryl methyl sites for hydroxylation is 1. The molecular formula is C17H28N2O3S. The van der Waals surface area contributed by atoms with E-state index in [-0.39, 0.29) is 17.9 Å². The first-order valence-electron chi connectivity index (χ1n) is 7.96. The van der Waals surface area contributed by atoms with E-state index >= 15 is 0 Å². The minimum atomic E-state index is -3.57. The van der Waals surface area contributed by atoms with Crippen molar-refractivity contribution in [3.63, 3.8) is 0 Å². The van der Waals surface area contributed by atoms with Gasteiger partial charge >= 0.3 is 0 Å². The van der Waals surface area contributed by atoms with Gasteiger partial charge < -0.3 is 5.32 Å². The Morgan fingerprint density at radius 3 is 2.04 bits per heavy atom. The van der Waals surface area contributed by atoms with Crippen LogP contribution in [-0.2, 0) is 21.2 Å². The fraction of sp³-hybridized carbons (Fsp3) is 0.588. The number of amides is 1. The average molecular weight is 340 g/mol. The van der Waals surface area contributed by atoms with Gasteiger partial charge in [0.25, 0.3) is 0 Å². The predicted molar refractivity (Wildman–Crippen MR) is 95.0 cm³/mol. The molecule has 0 radical (unpaired) electrons. The van der Waals surface area contributed by atoms with E-state index in [9.17, 15) is 13.2 Å². The molecule has 5 nitrogen and oxygen atoms in total. The van der Waals surface area contributed by atoms with Crippen LogP contribution in [-0.4, -0.2) is 32.7 Å². The first-order chi connectivity index (χ1) is 10.6. The van der Waals surface area contributed by atoms with Crippen LogP contribution in [0.5, 0.6) is 0 Å². The average Bonchev–Trinajstić information content (AvgIpc) is 2.46. The predicted octanol–water partition coefficient (Wildman–Crippen LogP) is 2.56. The number of sulfonamides is 1. The highest BCUT2D eigenvalue weighted by Crippen LogP contribution is 2.22. The van der Waals surface area contributed by atoms with Crippen molar-refractivity contribution in [1.29, 1.82) is 0 Å². The lowest BCUT2D eigenvalue weighted by molar-refractivity contribution is -0.122. The van der Waals surface area contributed by atoms with Gasteiger partial charge in [0.2, 0.25) is 15.9 Å². The number of benzene rings is 1. The molecule has 0 fully saturated rings. The van der Waals surface area contributed by atoms with Gasteiger partial charge in [0.15, 0.2) is 0 Å². The summed E-state index contributed by atoms with van der Waals surface area (Å²) < 4.78 is 25.6. The summed E-state index contributed by atoms with van der Waals surface area (Å²) in [4.78, 5) is 12.4. The number of carbonyl (C=O) groups excluding carboxylic acids is 1. The van der Waals surface area contributed by atoms with Crippen molar-refractivity contribution in [1.82, 2.24) is 5.32 Å². The Hall–Kier alpha value is -1.56. The molecule has 0 heterocycles. The van der Waals surface area contributed by atoms with Crippen LogP contribution in [0.4, 0.5) is 5.69 Å². The van der Waals surface area contributed by atoms with Crippen LogP contribution in [0.15, 0.2) is 24.3 Å². The molecule has 1 aromatic rings. The smallest absolute Gasteiger partial charge is 0.243 e. The molecule has 1 aromatic carbocycles. The molecule has 0 unspecified atom stereocenters. The molecule has 130 valence electrons. The number of hydrogen-bond donors (Lipinski definition) is 1. The van der Waals surface area contributed by atoms with E-state index in [1.165, 1.54) is 4.31 Å². The van der Waals surface area contributed by atoms with E-state index in [1.54, 1.807) is 19.1 Å². The van der Waals surface area contributed by atoms with Crippen LogP contribution in [0, 0.1) is 5.92 Å². The van der Waals surface area contributed by atoms with Gasteiger partial charge in [0.05, 0.1) is 11.9 Å². The van der Waals surface area contributed by atoms with Crippen LogP contribution in [0.3, 0.4) is 0 Å². The summed E-state index contributed by atoms with van der Waals surface area (Å²) in [5.41, 5.74) is 1.62. The van der Waals surface area contributed by atoms with Crippen molar-refractivity contribution in [3.8, 4) is 0 Å². The lowest BCUT2D eigenvalue weighted by Gasteiger charge is -2.30. The third kappa shape index (κ3) is 5.23. The van der Waals surface area contributed by atoms with Gasteiger partial charge in [-0.1, -0.05) is 32.9 Å². The molecule has 0 saturated heterocycles. The Labute approximate surface area is 140 Å². The fourth-order valence-electron chi connectivity index (χ4n) is 2.20. The van der Waals surface area contributed by atoms with Crippen LogP contribution >= 0.6 is 0 Å². The minimum absolute atomic E-state index is 0.0196. The van der Waals surface area contributed by atoms with Crippen molar-refractivity contribution in [3.05, 3.63) is 29.8 Å². The number of rotatable bonds is 7. The van der Waals surface area contributed by atoms with Gasteiger partial charge in [-0.05, 0) is 43.9 Å². The molecule has 0 aliphatic carbocycles. The summed E-state index contributed by atoms with van der Waals surface area (Å²) in [6.45, 7) is 9.57. The van der Waals surface area contributed by atoms with Crippen molar-refractivity contribution < 1.29 is 13.2 Å². The maximum atomic E-state index is 12.4. The van der Waals surface area contributed by atoms with Crippen molar-refractivity contribution in [2.24, 2.45) is 5.92 Å². The van der Waals surface area contributed by atoms with E-state index < -0.39 is 16.1 Å². The number of hydrogen-bond acceptors (Lipinski definition) is 3.